The summed E-state index contributed by atoms with van der Waals surface area (Å²) in [4.78, 5) is 24.0. The van der Waals surface area contributed by atoms with Gasteiger partial charge in [0, 0.05) is 12.3 Å². The van der Waals surface area contributed by atoms with E-state index in [4.69, 9.17) is 16.3 Å². The van der Waals surface area contributed by atoms with Crippen molar-refractivity contribution in [3.8, 4) is 0 Å². The van der Waals surface area contributed by atoms with E-state index in [1.807, 2.05) is 0 Å². The summed E-state index contributed by atoms with van der Waals surface area (Å²) in [7, 11) is 0. The summed E-state index contributed by atoms with van der Waals surface area (Å²) in [5, 5.41) is 2.82. The van der Waals surface area contributed by atoms with Crippen LogP contribution in [0.15, 0.2) is 12.2 Å². The number of morpholine rings is 1. The second-order valence-electron chi connectivity index (χ2n) is 5.52. The molecule has 106 valence electrons. The molecule has 3 atom stereocenters. The monoisotopic (exact) mass is 285 g/mol. The molecular weight excluding hydrogens is 266 g/mol. The van der Waals surface area contributed by atoms with Gasteiger partial charge >= 0.3 is 5.97 Å². The number of ether oxygens (including phenoxy) is 1. The maximum Gasteiger partial charge on any atom is 0.332 e. The lowest BCUT2D eigenvalue weighted by molar-refractivity contribution is -0.172. The number of halogens is 1. The largest absolute Gasteiger partial charge is 0.450 e. The average molecular weight is 286 g/mol. The smallest absolute Gasteiger partial charge is 0.332 e. The average Bonchev–Trinajstić information content (AvgIpc) is 2.37. The van der Waals surface area contributed by atoms with Gasteiger partial charge in [-0.3, -0.25) is 4.79 Å². The highest BCUT2D eigenvalue weighted by Gasteiger charge is 2.45. The molecule has 1 N–H and O–H groups in total. The first kappa shape index (κ1) is 14.4. The van der Waals surface area contributed by atoms with E-state index in [0.717, 1.165) is 19.3 Å². The Bertz CT molecular complexity index is 396. The normalized spacial score (nSPS) is 34.8. The van der Waals surface area contributed by atoms with Gasteiger partial charge in [-0.25, -0.2) is 4.79 Å². The van der Waals surface area contributed by atoms with Gasteiger partial charge in [-0.15, -0.1) is 11.6 Å². The van der Waals surface area contributed by atoms with E-state index in [-0.39, 0.29) is 11.9 Å². The summed E-state index contributed by atoms with van der Waals surface area (Å²) in [5.41, 5.74) is -0.910. The summed E-state index contributed by atoms with van der Waals surface area (Å²) in [6.07, 6.45) is 7.79. The molecule has 1 amide bonds. The van der Waals surface area contributed by atoms with Gasteiger partial charge in [0.05, 0.1) is 0 Å². The topological polar surface area (TPSA) is 55.4 Å². The Kier molecular flexibility index (Phi) is 4.50. The fraction of sp³-hybridized carbons (Fsp3) is 0.714. The minimum Gasteiger partial charge on any atom is -0.450 e. The second-order valence-corrected chi connectivity index (χ2v) is 5.89. The number of cyclic esters (lactones) is 1. The number of carbonyl (C=O) groups excluding carboxylic acids is 2. The molecule has 0 bridgehead atoms. The molecule has 0 radical (unpaired) electrons. The first-order valence-corrected chi connectivity index (χ1v) is 7.34. The molecule has 0 spiro atoms. The zero-order chi connectivity index (χ0) is 13.9. The molecule has 0 aromatic carbocycles. The number of carbonyl (C=O) groups is 2. The van der Waals surface area contributed by atoms with Crippen molar-refractivity contribution in [2.45, 2.75) is 50.7 Å². The van der Waals surface area contributed by atoms with E-state index in [1.165, 1.54) is 0 Å². The Morgan fingerprint density at radius 3 is 2.95 bits per heavy atom. The van der Waals surface area contributed by atoms with Crippen LogP contribution in [0, 0.1) is 5.92 Å². The molecule has 0 saturated carbocycles. The van der Waals surface area contributed by atoms with Crippen molar-refractivity contribution in [1.82, 2.24) is 5.32 Å². The molecule has 19 heavy (non-hydrogen) atoms. The van der Waals surface area contributed by atoms with Crippen molar-refractivity contribution in [3.05, 3.63) is 12.2 Å². The lowest BCUT2D eigenvalue weighted by Crippen LogP contribution is -2.62. The summed E-state index contributed by atoms with van der Waals surface area (Å²) < 4.78 is 5.24. The van der Waals surface area contributed by atoms with E-state index < -0.39 is 11.6 Å². The Morgan fingerprint density at radius 2 is 2.32 bits per heavy atom. The number of amides is 1. The van der Waals surface area contributed by atoms with Crippen molar-refractivity contribution in [1.29, 1.82) is 0 Å². The number of hydrogen-bond donors (Lipinski definition) is 1. The molecular formula is C14H20ClNO3. The van der Waals surface area contributed by atoms with E-state index in [9.17, 15) is 9.59 Å². The van der Waals surface area contributed by atoms with Crippen LogP contribution < -0.4 is 5.32 Å². The highest BCUT2D eigenvalue weighted by atomic mass is 35.5. The third kappa shape index (κ3) is 3.30. The first-order valence-electron chi connectivity index (χ1n) is 6.81. The molecule has 1 aliphatic heterocycles. The predicted octanol–water partition coefficient (Wildman–Crippen LogP) is 2.16. The van der Waals surface area contributed by atoms with Crippen LogP contribution >= 0.6 is 11.6 Å². The molecule has 1 fully saturated rings. The Hall–Kier alpha value is -1.03. The van der Waals surface area contributed by atoms with Gasteiger partial charge in [0.15, 0.2) is 6.10 Å². The van der Waals surface area contributed by atoms with Crippen LogP contribution in [0.2, 0.25) is 0 Å². The van der Waals surface area contributed by atoms with Gasteiger partial charge in [0.1, 0.15) is 5.54 Å². The summed E-state index contributed by atoms with van der Waals surface area (Å²) >= 11 is 5.59. The second kappa shape index (κ2) is 5.95. The third-order valence-corrected chi connectivity index (χ3v) is 4.01. The molecule has 2 aliphatic rings. The van der Waals surface area contributed by atoms with E-state index >= 15 is 0 Å². The fourth-order valence-corrected chi connectivity index (χ4v) is 2.92. The van der Waals surface area contributed by atoms with Gasteiger partial charge in [-0.2, -0.15) is 0 Å². The number of allylic oxidation sites excluding steroid dienone is 2. The zero-order valence-electron chi connectivity index (χ0n) is 11.2. The van der Waals surface area contributed by atoms with Crippen molar-refractivity contribution in [2.75, 3.05) is 5.88 Å². The molecule has 0 unspecified atom stereocenters. The van der Waals surface area contributed by atoms with Gasteiger partial charge in [0.25, 0.3) is 5.91 Å². The van der Waals surface area contributed by atoms with Gasteiger partial charge in [-0.05, 0) is 38.5 Å². The molecule has 1 aliphatic carbocycles. The maximum absolute atomic E-state index is 12.1. The van der Waals surface area contributed by atoms with Crippen molar-refractivity contribution in [3.63, 3.8) is 0 Å². The van der Waals surface area contributed by atoms with Crippen molar-refractivity contribution >= 4 is 23.5 Å². The van der Waals surface area contributed by atoms with Gasteiger partial charge < -0.3 is 10.1 Å². The van der Waals surface area contributed by atoms with Crippen LogP contribution in [0.4, 0.5) is 0 Å². The number of hydrogen-bond acceptors (Lipinski definition) is 3. The molecule has 2 rings (SSSR count). The van der Waals surface area contributed by atoms with Gasteiger partial charge in [-0.1, -0.05) is 12.2 Å². The van der Waals surface area contributed by atoms with E-state index in [2.05, 4.69) is 17.5 Å². The zero-order valence-corrected chi connectivity index (χ0v) is 11.9. The minimum atomic E-state index is -0.910. The highest BCUT2D eigenvalue weighted by Crippen LogP contribution is 2.29. The van der Waals surface area contributed by atoms with Crippen LogP contribution in [0.5, 0.6) is 0 Å². The van der Waals surface area contributed by atoms with E-state index in [1.54, 1.807) is 6.92 Å². The number of nitrogens with one attached hydrogen (secondary N) is 1. The molecule has 0 aromatic heterocycles. The Morgan fingerprint density at radius 1 is 1.53 bits per heavy atom. The number of esters is 1. The van der Waals surface area contributed by atoms with Crippen LogP contribution in [0.3, 0.4) is 0 Å². The fourth-order valence-electron chi connectivity index (χ4n) is 2.72. The van der Waals surface area contributed by atoms with E-state index in [0.29, 0.717) is 24.6 Å². The SMILES string of the molecule is C[C@@]1(C[C@@H]2C=CCCC2)NC(=O)[C@H](CCCl)OC1=O. The molecule has 1 saturated heterocycles. The summed E-state index contributed by atoms with van der Waals surface area (Å²) in [5.74, 6) is 0.0490. The quantitative estimate of drug-likeness (QED) is 0.489. The third-order valence-electron chi connectivity index (χ3n) is 3.79. The summed E-state index contributed by atoms with van der Waals surface area (Å²) in [6.45, 7) is 1.74. The lowest BCUT2D eigenvalue weighted by Gasteiger charge is -2.38. The Balaban J connectivity index is 2.02. The summed E-state index contributed by atoms with van der Waals surface area (Å²) in [6, 6.07) is 0. The van der Waals surface area contributed by atoms with Gasteiger partial charge in [0.2, 0.25) is 0 Å². The molecule has 1 heterocycles. The lowest BCUT2D eigenvalue weighted by atomic mass is 9.82. The molecule has 0 aromatic rings. The predicted molar refractivity (Wildman–Crippen MR) is 72.9 cm³/mol. The number of alkyl halides is 1. The van der Waals surface area contributed by atoms with Crippen LogP contribution in [-0.4, -0.2) is 29.4 Å². The maximum atomic E-state index is 12.1. The minimum absolute atomic E-state index is 0.234. The first-order chi connectivity index (χ1) is 9.05. The molecule has 5 heteroatoms. The van der Waals surface area contributed by atoms with Crippen LogP contribution in [0.1, 0.15) is 39.0 Å². The number of rotatable bonds is 4. The highest BCUT2D eigenvalue weighted by molar-refractivity contribution is 6.18. The van der Waals surface area contributed by atoms with Crippen molar-refractivity contribution < 1.29 is 14.3 Å². The van der Waals surface area contributed by atoms with Crippen LogP contribution in [-0.2, 0) is 14.3 Å². The molecule has 4 nitrogen and oxygen atoms in total. The standard InChI is InChI=1S/C14H20ClNO3/c1-14(9-10-5-3-2-4-6-10)13(18)19-11(7-8-15)12(17)16-14/h3,5,10-11H,2,4,6-9H2,1H3,(H,16,17)/t10-,11+,14+/m1/s1. The van der Waals surface area contributed by atoms with Crippen molar-refractivity contribution in [2.24, 2.45) is 5.92 Å². The Labute approximate surface area is 118 Å². The van der Waals surface area contributed by atoms with Crippen LogP contribution in [0.25, 0.3) is 0 Å².